The fourth-order valence-electron chi connectivity index (χ4n) is 3.79. The molecule has 1 aromatic heterocycles. The number of ether oxygens (including phenoxy) is 2. The van der Waals surface area contributed by atoms with E-state index >= 15 is 0 Å². The molecule has 0 atom stereocenters. The minimum atomic E-state index is -0.304. The highest BCUT2D eigenvalue weighted by molar-refractivity contribution is 5.98. The lowest BCUT2D eigenvalue weighted by atomic mass is 9.95. The summed E-state index contributed by atoms with van der Waals surface area (Å²) in [5, 5.41) is 7.83. The number of hydrogen-bond acceptors (Lipinski definition) is 4. The van der Waals surface area contributed by atoms with Crippen molar-refractivity contribution in [3.05, 3.63) is 84.2 Å². The van der Waals surface area contributed by atoms with E-state index in [4.69, 9.17) is 9.47 Å². The van der Waals surface area contributed by atoms with E-state index in [1.165, 1.54) is 0 Å². The van der Waals surface area contributed by atoms with Gasteiger partial charge in [-0.2, -0.15) is 0 Å². The van der Waals surface area contributed by atoms with Crippen molar-refractivity contribution in [3.8, 4) is 22.6 Å². The molecule has 0 bridgehead atoms. The lowest BCUT2D eigenvalue weighted by molar-refractivity contribution is 0.251. The summed E-state index contributed by atoms with van der Waals surface area (Å²) in [6.45, 7) is 2.40. The molecule has 0 aliphatic heterocycles. The van der Waals surface area contributed by atoms with Crippen LogP contribution in [0.2, 0.25) is 0 Å². The summed E-state index contributed by atoms with van der Waals surface area (Å²) in [7, 11) is 3.25. The zero-order valence-electron chi connectivity index (χ0n) is 18.3. The lowest BCUT2D eigenvalue weighted by Crippen LogP contribution is -2.28. The van der Waals surface area contributed by atoms with Gasteiger partial charge >= 0.3 is 6.03 Å². The van der Waals surface area contributed by atoms with Crippen LogP contribution in [0.3, 0.4) is 0 Å². The minimum absolute atomic E-state index is 0.304. The van der Waals surface area contributed by atoms with Crippen LogP contribution in [0.25, 0.3) is 21.9 Å². The predicted octanol–water partition coefficient (Wildman–Crippen LogP) is 5.55. The van der Waals surface area contributed by atoms with Crippen LogP contribution in [0.1, 0.15) is 11.1 Å². The van der Waals surface area contributed by atoms with E-state index in [2.05, 4.69) is 33.8 Å². The average molecular weight is 428 g/mol. The van der Waals surface area contributed by atoms with E-state index in [-0.39, 0.29) is 6.03 Å². The van der Waals surface area contributed by atoms with Gasteiger partial charge in [0.25, 0.3) is 0 Å². The monoisotopic (exact) mass is 427 g/mol. The molecular weight excluding hydrogens is 402 g/mol. The van der Waals surface area contributed by atoms with Crippen molar-refractivity contribution in [3.63, 3.8) is 0 Å². The number of para-hydroxylation sites is 2. The molecule has 0 aliphatic rings. The third-order valence-electron chi connectivity index (χ3n) is 5.41. The number of rotatable bonds is 6. The second kappa shape index (κ2) is 9.39. The van der Waals surface area contributed by atoms with Gasteiger partial charge in [0.1, 0.15) is 11.5 Å². The van der Waals surface area contributed by atoms with Gasteiger partial charge in [-0.25, -0.2) is 4.79 Å². The fraction of sp³-hybridized carbons (Fsp3) is 0.154. The van der Waals surface area contributed by atoms with Crippen molar-refractivity contribution in [2.24, 2.45) is 0 Å². The number of nitrogens with one attached hydrogen (secondary N) is 2. The largest absolute Gasteiger partial charge is 0.496 e. The second-order valence-electron chi connectivity index (χ2n) is 7.39. The van der Waals surface area contributed by atoms with E-state index in [0.29, 0.717) is 18.0 Å². The Bertz CT molecular complexity index is 1270. The van der Waals surface area contributed by atoms with Crippen LogP contribution in [0.4, 0.5) is 10.5 Å². The van der Waals surface area contributed by atoms with Gasteiger partial charge in [-0.15, -0.1) is 0 Å². The molecule has 6 heteroatoms. The molecule has 0 radical (unpaired) electrons. The Morgan fingerprint density at radius 1 is 0.938 bits per heavy atom. The van der Waals surface area contributed by atoms with Crippen LogP contribution in [-0.4, -0.2) is 25.2 Å². The molecule has 162 valence electrons. The zero-order chi connectivity index (χ0) is 22.5. The Balaban J connectivity index is 1.58. The number of aromatic nitrogens is 1. The van der Waals surface area contributed by atoms with Gasteiger partial charge in [-0.05, 0) is 64.9 Å². The summed E-state index contributed by atoms with van der Waals surface area (Å²) in [4.78, 5) is 16.8. The molecule has 3 aromatic carbocycles. The number of anilines is 1. The van der Waals surface area contributed by atoms with Gasteiger partial charge in [-0.3, -0.25) is 4.98 Å². The van der Waals surface area contributed by atoms with E-state index < -0.39 is 0 Å². The molecule has 0 aliphatic carbocycles. The van der Waals surface area contributed by atoms with Crippen molar-refractivity contribution >= 4 is 22.5 Å². The first-order valence-electron chi connectivity index (χ1n) is 10.3. The van der Waals surface area contributed by atoms with Crippen LogP contribution >= 0.6 is 0 Å². The average Bonchev–Trinajstić information content (AvgIpc) is 2.82. The Labute approximate surface area is 187 Å². The molecular formula is C26H25N3O3. The zero-order valence-corrected chi connectivity index (χ0v) is 18.3. The summed E-state index contributed by atoms with van der Waals surface area (Å²) >= 11 is 0. The molecule has 6 nitrogen and oxygen atoms in total. The van der Waals surface area contributed by atoms with Gasteiger partial charge < -0.3 is 20.1 Å². The maximum Gasteiger partial charge on any atom is 0.319 e. The maximum absolute atomic E-state index is 12.5. The van der Waals surface area contributed by atoms with Crippen LogP contribution in [0, 0.1) is 6.92 Å². The summed E-state index contributed by atoms with van der Waals surface area (Å²) in [6.07, 6.45) is 3.62. The van der Waals surface area contributed by atoms with E-state index in [9.17, 15) is 4.79 Å². The number of nitrogens with zero attached hydrogens (tertiary/aromatic N) is 1. The van der Waals surface area contributed by atoms with E-state index in [0.717, 1.165) is 38.8 Å². The van der Waals surface area contributed by atoms with Crippen molar-refractivity contribution in [1.82, 2.24) is 10.3 Å². The molecule has 4 rings (SSSR count). The van der Waals surface area contributed by atoms with Gasteiger partial charge in [-0.1, -0.05) is 30.3 Å². The summed E-state index contributed by atoms with van der Waals surface area (Å²) in [5.74, 6) is 1.47. The summed E-state index contributed by atoms with van der Waals surface area (Å²) < 4.78 is 10.7. The van der Waals surface area contributed by atoms with Crippen molar-refractivity contribution in [1.29, 1.82) is 0 Å². The SMILES string of the molecule is COc1ccc(-c2ccc(CNC(=O)Nc3ccccc3OC)c3cnccc23)cc1C. The number of hydrogen-bond donors (Lipinski definition) is 2. The Morgan fingerprint density at radius 2 is 1.75 bits per heavy atom. The number of aryl methyl sites for hydroxylation is 1. The number of pyridine rings is 1. The molecule has 0 saturated heterocycles. The number of fused-ring (bicyclic) bond motifs is 1. The number of carbonyl (C=O) groups excluding carboxylic acids is 1. The Morgan fingerprint density at radius 3 is 2.53 bits per heavy atom. The van der Waals surface area contributed by atoms with E-state index in [1.54, 1.807) is 32.5 Å². The topological polar surface area (TPSA) is 72.5 Å². The van der Waals surface area contributed by atoms with Gasteiger partial charge in [0.15, 0.2) is 0 Å². The third-order valence-corrected chi connectivity index (χ3v) is 5.41. The number of methoxy groups -OCH3 is 2. The van der Waals surface area contributed by atoms with Crippen LogP contribution < -0.4 is 20.1 Å². The maximum atomic E-state index is 12.5. The molecule has 2 N–H and O–H groups in total. The normalized spacial score (nSPS) is 10.6. The number of amides is 2. The third kappa shape index (κ3) is 4.34. The number of carbonyl (C=O) groups is 1. The van der Waals surface area contributed by atoms with E-state index in [1.807, 2.05) is 43.5 Å². The highest BCUT2D eigenvalue weighted by Gasteiger charge is 2.11. The standard InChI is InChI=1S/C26H25N3O3/c1-17-14-18(9-11-24(17)31-2)20-10-8-19(22-16-27-13-12-21(20)22)15-28-26(30)29-23-6-4-5-7-25(23)32-3/h4-14,16H,15H2,1-3H3,(H2,28,29,30). The first-order valence-corrected chi connectivity index (χ1v) is 10.3. The van der Waals surface area contributed by atoms with Crippen molar-refractivity contribution in [2.45, 2.75) is 13.5 Å². The Kier molecular flexibility index (Phi) is 6.22. The van der Waals surface area contributed by atoms with Crippen LogP contribution in [-0.2, 0) is 6.54 Å². The smallest absolute Gasteiger partial charge is 0.319 e. The molecule has 0 fully saturated rings. The Hall–Kier alpha value is -4.06. The minimum Gasteiger partial charge on any atom is -0.496 e. The molecule has 32 heavy (non-hydrogen) atoms. The second-order valence-corrected chi connectivity index (χ2v) is 7.39. The van der Waals surface area contributed by atoms with Crippen molar-refractivity contribution < 1.29 is 14.3 Å². The van der Waals surface area contributed by atoms with Crippen LogP contribution in [0.15, 0.2) is 73.1 Å². The highest BCUT2D eigenvalue weighted by Crippen LogP contribution is 2.33. The fourth-order valence-corrected chi connectivity index (χ4v) is 3.79. The predicted molar refractivity (Wildman–Crippen MR) is 127 cm³/mol. The number of benzene rings is 3. The van der Waals surface area contributed by atoms with Crippen molar-refractivity contribution in [2.75, 3.05) is 19.5 Å². The van der Waals surface area contributed by atoms with Crippen LogP contribution in [0.5, 0.6) is 11.5 Å². The first-order chi connectivity index (χ1) is 15.6. The molecule has 0 spiro atoms. The molecule has 4 aromatic rings. The molecule has 1 heterocycles. The molecule has 0 saturated carbocycles. The summed E-state index contributed by atoms with van der Waals surface area (Å²) in [6, 6.07) is 19.3. The lowest BCUT2D eigenvalue weighted by Gasteiger charge is -2.14. The number of urea groups is 1. The molecule has 2 amide bonds. The molecule has 0 unspecified atom stereocenters. The van der Waals surface area contributed by atoms with Gasteiger partial charge in [0.2, 0.25) is 0 Å². The highest BCUT2D eigenvalue weighted by atomic mass is 16.5. The van der Waals surface area contributed by atoms with Gasteiger partial charge in [0, 0.05) is 24.3 Å². The summed E-state index contributed by atoms with van der Waals surface area (Å²) in [5.41, 5.74) is 4.88. The quantitative estimate of drug-likeness (QED) is 0.423. The first kappa shape index (κ1) is 21.2. The van der Waals surface area contributed by atoms with Gasteiger partial charge in [0.05, 0.1) is 19.9 Å².